The average molecular weight is 273 g/mol. The Kier molecular flexibility index (Phi) is 2.81. The lowest BCUT2D eigenvalue weighted by Gasteiger charge is -2.38. The van der Waals surface area contributed by atoms with Crippen LogP contribution in [0.1, 0.15) is 51.9 Å². The van der Waals surface area contributed by atoms with Crippen LogP contribution < -0.4 is 0 Å². The lowest BCUT2D eigenvalue weighted by Crippen LogP contribution is -2.48. The maximum absolute atomic E-state index is 11.9. The van der Waals surface area contributed by atoms with E-state index in [1.165, 1.54) is 49.8 Å². The third-order valence-electron chi connectivity index (χ3n) is 5.56. The second kappa shape index (κ2) is 4.45. The summed E-state index contributed by atoms with van der Waals surface area (Å²) < 4.78 is 5.91. The van der Waals surface area contributed by atoms with Gasteiger partial charge in [-0.1, -0.05) is 25.8 Å². The lowest BCUT2D eigenvalue weighted by atomic mass is 9.75. The second-order valence-electron chi connectivity index (χ2n) is 6.68. The summed E-state index contributed by atoms with van der Waals surface area (Å²) in [6.07, 6.45) is 12.4. The van der Waals surface area contributed by atoms with Crippen molar-refractivity contribution in [2.75, 3.05) is 6.54 Å². The van der Waals surface area contributed by atoms with Gasteiger partial charge in [0.05, 0.1) is 6.04 Å². The van der Waals surface area contributed by atoms with Crippen LogP contribution in [0.3, 0.4) is 0 Å². The normalized spacial score (nSPS) is 39.0. The third-order valence-corrected chi connectivity index (χ3v) is 5.56. The molecule has 4 rings (SSSR count). The van der Waals surface area contributed by atoms with Gasteiger partial charge in [0.2, 0.25) is 0 Å². The number of piperidine rings is 1. The summed E-state index contributed by atoms with van der Waals surface area (Å²) in [5.74, 6) is -0.115. The molecule has 3 heteroatoms. The van der Waals surface area contributed by atoms with Crippen LogP contribution in [0.4, 0.5) is 0 Å². The van der Waals surface area contributed by atoms with Crippen LogP contribution >= 0.6 is 0 Å². The first-order valence-electron chi connectivity index (χ1n) is 8.16. The molecule has 3 heterocycles. The van der Waals surface area contributed by atoms with Gasteiger partial charge in [-0.2, -0.15) is 0 Å². The van der Waals surface area contributed by atoms with E-state index in [-0.39, 0.29) is 11.6 Å². The predicted molar refractivity (Wildman–Crippen MR) is 77.3 cm³/mol. The predicted octanol–water partition coefficient (Wildman–Crippen LogP) is 2.97. The Morgan fingerprint density at radius 3 is 3.20 bits per heavy atom. The molecule has 1 unspecified atom stereocenters. The van der Waals surface area contributed by atoms with Crippen molar-refractivity contribution >= 4 is 5.97 Å². The van der Waals surface area contributed by atoms with Gasteiger partial charge in [-0.25, -0.2) is 4.79 Å². The minimum Gasteiger partial charge on any atom is -0.449 e. The van der Waals surface area contributed by atoms with Gasteiger partial charge in [-0.15, -0.1) is 0 Å². The Bertz CT molecular complexity index is 507. The molecule has 0 aromatic heterocycles. The Balaban J connectivity index is 1.75. The van der Waals surface area contributed by atoms with E-state index in [1.54, 1.807) is 6.08 Å². The van der Waals surface area contributed by atoms with Gasteiger partial charge in [0.25, 0.3) is 0 Å². The topological polar surface area (TPSA) is 29.5 Å². The quantitative estimate of drug-likeness (QED) is 0.740. The molecule has 4 aliphatic rings. The Morgan fingerprint density at radius 2 is 2.35 bits per heavy atom. The molecule has 2 saturated heterocycles. The van der Waals surface area contributed by atoms with Crippen LogP contribution in [0.25, 0.3) is 0 Å². The molecule has 3 nitrogen and oxygen atoms in total. The largest absolute Gasteiger partial charge is 0.449 e. The summed E-state index contributed by atoms with van der Waals surface area (Å²) in [5, 5.41) is 0. The average Bonchev–Trinajstić information content (AvgIpc) is 2.93. The molecule has 2 fully saturated rings. The molecular formula is C17H23NO2. The number of hydrogen-bond acceptors (Lipinski definition) is 3. The Morgan fingerprint density at radius 1 is 1.45 bits per heavy atom. The number of unbranched alkanes of at least 4 members (excludes halogenated alkanes) is 1. The van der Waals surface area contributed by atoms with Gasteiger partial charge in [0, 0.05) is 24.1 Å². The number of carbonyl (C=O) groups excluding carboxylic acids is 1. The lowest BCUT2D eigenvalue weighted by molar-refractivity contribution is -0.148. The minimum absolute atomic E-state index is 0.115. The maximum Gasteiger partial charge on any atom is 0.332 e. The number of fused-ring (bicyclic) bond motifs is 3. The van der Waals surface area contributed by atoms with Crippen molar-refractivity contribution in [1.82, 2.24) is 4.90 Å². The molecule has 3 atom stereocenters. The van der Waals surface area contributed by atoms with E-state index in [2.05, 4.69) is 17.9 Å². The summed E-state index contributed by atoms with van der Waals surface area (Å²) in [6, 6.07) is 0.921. The highest BCUT2D eigenvalue weighted by atomic mass is 16.6. The van der Waals surface area contributed by atoms with Gasteiger partial charge >= 0.3 is 5.97 Å². The number of ether oxygens (including phenoxy) is 1. The van der Waals surface area contributed by atoms with Crippen molar-refractivity contribution in [1.29, 1.82) is 0 Å². The van der Waals surface area contributed by atoms with Crippen LogP contribution in [0.15, 0.2) is 23.3 Å². The Hall–Kier alpha value is -1.09. The molecular weight excluding hydrogens is 250 g/mol. The molecule has 1 aliphatic carbocycles. The Labute approximate surface area is 120 Å². The maximum atomic E-state index is 11.9. The van der Waals surface area contributed by atoms with E-state index in [0.717, 1.165) is 12.8 Å². The first kappa shape index (κ1) is 12.6. The number of hydrogen-bond donors (Lipinski definition) is 0. The fourth-order valence-electron chi connectivity index (χ4n) is 4.75. The van der Waals surface area contributed by atoms with E-state index >= 15 is 0 Å². The molecule has 0 aromatic carbocycles. The number of esters is 1. The van der Waals surface area contributed by atoms with Gasteiger partial charge in [-0.05, 0) is 37.8 Å². The van der Waals surface area contributed by atoms with E-state index < -0.39 is 0 Å². The first-order valence-corrected chi connectivity index (χ1v) is 8.16. The summed E-state index contributed by atoms with van der Waals surface area (Å²) in [5.41, 5.74) is 2.32. The zero-order valence-corrected chi connectivity index (χ0v) is 12.2. The smallest absolute Gasteiger partial charge is 0.332 e. The van der Waals surface area contributed by atoms with Crippen LogP contribution in [-0.2, 0) is 9.53 Å². The van der Waals surface area contributed by atoms with Gasteiger partial charge in [0.15, 0.2) is 5.60 Å². The monoisotopic (exact) mass is 273 g/mol. The van der Waals surface area contributed by atoms with E-state index in [1.807, 2.05) is 0 Å². The van der Waals surface area contributed by atoms with Gasteiger partial charge in [-0.3, -0.25) is 4.90 Å². The van der Waals surface area contributed by atoms with E-state index in [4.69, 9.17) is 4.74 Å². The molecule has 108 valence electrons. The summed E-state index contributed by atoms with van der Waals surface area (Å²) >= 11 is 0. The molecule has 0 N–H and O–H groups in total. The van der Waals surface area contributed by atoms with Gasteiger partial charge in [0.1, 0.15) is 0 Å². The molecule has 1 spiro atoms. The highest BCUT2D eigenvalue weighted by Gasteiger charge is 2.61. The number of carbonyl (C=O) groups is 1. The highest BCUT2D eigenvalue weighted by molar-refractivity contribution is 5.89. The minimum atomic E-state index is -0.292. The molecule has 0 radical (unpaired) electrons. The number of rotatable bonds is 3. The summed E-state index contributed by atoms with van der Waals surface area (Å²) in [6.45, 7) is 3.39. The van der Waals surface area contributed by atoms with Crippen molar-refractivity contribution in [2.24, 2.45) is 0 Å². The van der Waals surface area contributed by atoms with Crippen molar-refractivity contribution < 1.29 is 9.53 Å². The van der Waals surface area contributed by atoms with Crippen LogP contribution in [0.2, 0.25) is 0 Å². The summed E-state index contributed by atoms with van der Waals surface area (Å²) in [7, 11) is 0. The molecule has 0 aromatic rings. The highest BCUT2D eigenvalue weighted by Crippen LogP contribution is 2.54. The first-order chi connectivity index (χ1) is 9.74. The molecule has 2 bridgehead atoms. The second-order valence-corrected chi connectivity index (χ2v) is 6.68. The van der Waals surface area contributed by atoms with Crippen molar-refractivity contribution in [3.63, 3.8) is 0 Å². The molecule has 0 saturated carbocycles. The summed E-state index contributed by atoms with van der Waals surface area (Å²) in [4.78, 5) is 14.5. The molecule has 3 aliphatic heterocycles. The standard InChI is InChI=1S/C17H23NO2/c1-2-3-6-12-9-13-11-17(14(12)10-16(19)20-17)15-7-4-5-8-18(13)15/h9-10,13,15H,2-8,11H2,1H3/t13-,15?,17+/m1/s1. The zero-order chi connectivity index (χ0) is 13.7. The SMILES string of the molecule is CCCCC1=C[C@@H]2C[C@@]3(OC(=O)C=C13)C1CCCCN12. The fourth-order valence-corrected chi connectivity index (χ4v) is 4.75. The van der Waals surface area contributed by atoms with Gasteiger partial charge < -0.3 is 4.74 Å². The van der Waals surface area contributed by atoms with Crippen LogP contribution in [0, 0.1) is 0 Å². The molecule has 20 heavy (non-hydrogen) atoms. The van der Waals surface area contributed by atoms with Crippen molar-refractivity contribution in [2.45, 2.75) is 69.6 Å². The number of nitrogens with zero attached hydrogens (tertiary/aromatic N) is 1. The fraction of sp³-hybridized carbons (Fsp3) is 0.706. The molecule has 0 amide bonds. The van der Waals surface area contributed by atoms with Crippen LogP contribution in [-0.4, -0.2) is 35.1 Å². The third kappa shape index (κ3) is 1.59. The van der Waals surface area contributed by atoms with Crippen molar-refractivity contribution in [3.05, 3.63) is 23.3 Å². The van der Waals surface area contributed by atoms with E-state index in [0.29, 0.717) is 12.1 Å². The van der Waals surface area contributed by atoms with Crippen molar-refractivity contribution in [3.8, 4) is 0 Å². The van der Waals surface area contributed by atoms with E-state index in [9.17, 15) is 4.79 Å². The zero-order valence-electron chi connectivity index (χ0n) is 12.2. The van der Waals surface area contributed by atoms with Crippen LogP contribution in [0.5, 0.6) is 0 Å².